The van der Waals surface area contributed by atoms with Crippen molar-refractivity contribution in [1.29, 1.82) is 0 Å². The Morgan fingerprint density at radius 2 is 2.05 bits per heavy atom. The molecule has 0 radical (unpaired) electrons. The number of anilines is 1. The van der Waals surface area contributed by atoms with Gasteiger partial charge in [0.1, 0.15) is 0 Å². The van der Waals surface area contributed by atoms with E-state index in [2.05, 4.69) is 36.0 Å². The molecule has 1 heterocycles. The Hall–Kier alpha value is -1.81. The lowest BCUT2D eigenvalue weighted by molar-refractivity contribution is -0.131. The molecule has 0 bridgehead atoms. The van der Waals surface area contributed by atoms with Crippen molar-refractivity contribution in [1.82, 2.24) is 4.90 Å². The fourth-order valence-corrected chi connectivity index (χ4v) is 2.57. The second-order valence-electron chi connectivity index (χ2n) is 5.47. The summed E-state index contributed by atoms with van der Waals surface area (Å²) in [7, 11) is 4.27. The number of benzene rings is 1. The van der Waals surface area contributed by atoms with E-state index in [9.17, 15) is 4.79 Å². The molecule has 1 unspecified atom stereocenters. The molecule has 4 nitrogen and oxygen atoms in total. The normalized spacial score (nSPS) is 19.8. The Morgan fingerprint density at radius 1 is 1.35 bits per heavy atom. The number of hydrogen-bond donors (Lipinski definition) is 1. The lowest BCUT2D eigenvalue weighted by atomic mass is 10.0. The number of carboxylic acid groups (broad SMARTS) is 1. The summed E-state index contributed by atoms with van der Waals surface area (Å²) in [6, 6.07) is 8.68. The minimum atomic E-state index is -0.918. The molecule has 0 aromatic heterocycles. The predicted octanol–water partition coefficient (Wildman–Crippen LogP) is 2.31. The van der Waals surface area contributed by atoms with E-state index in [-0.39, 0.29) is 0 Å². The van der Waals surface area contributed by atoms with Crippen molar-refractivity contribution in [2.45, 2.75) is 18.9 Å². The average molecular weight is 274 g/mol. The van der Waals surface area contributed by atoms with Gasteiger partial charge in [0.25, 0.3) is 0 Å². The fraction of sp³-hybridized carbons (Fsp3) is 0.438. The lowest BCUT2D eigenvalue weighted by Crippen LogP contribution is -2.45. The average Bonchev–Trinajstić information content (AvgIpc) is 2.46. The van der Waals surface area contributed by atoms with Crippen molar-refractivity contribution in [3.8, 4) is 0 Å². The van der Waals surface area contributed by atoms with Crippen molar-refractivity contribution >= 4 is 17.7 Å². The van der Waals surface area contributed by atoms with E-state index < -0.39 is 5.97 Å². The molecule has 0 aliphatic carbocycles. The smallest absolute Gasteiger partial charge is 0.328 e. The number of piperidine rings is 1. The summed E-state index contributed by atoms with van der Waals surface area (Å²) in [5.74, 6) is -0.918. The third-order valence-corrected chi connectivity index (χ3v) is 3.80. The topological polar surface area (TPSA) is 43.8 Å². The quantitative estimate of drug-likeness (QED) is 0.856. The highest BCUT2D eigenvalue weighted by Gasteiger charge is 2.21. The van der Waals surface area contributed by atoms with Gasteiger partial charge in [-0.2, -0.15) is 0 Å². The van der Waals surface area contributed by atoms with Crippen molar-refractivity contribution in [2.24, 2.45) is 0 Å². The second kappa shape index (κ2) is 6.57. The Labute approximate surface area is 120 Å². The number of aliphatic carboxylic acids is 1. The molecule has 1 aliphatic rings. The van der Waals surface area contributed by atoms with Crippen LogP contribution < -0.4 is 4.90 Å². The third kappa shape index (κ3) is 3.84. The van der Waals surface area contributed by atoms with Crippen LogP contribution in [0.3, 0.4) is 0 Å². The van der Waals surface area contributed by atoms with Crippen LogP contribution in [0.4, 0.5) is 5.69 Å². The molecule has 1 aliphatic heterocycles. The molecule has 1 aromatic carbocycles. The molecule has 2 rings (SSSR count). The number of hydrogen-bond acceptors (Lipinski definition) is 3. The Bertz CT molecular complexity index is 480. The van der Waals surface area contributed by atoms with Gasteiger partial charge < -0.3 is 14.9 Å². The van der Waals surface area contributed by atoms with Crippen LogP contribution in [0.2, 0.25) is 0 Å². The number of likely N-dealkylation sites (N-methyl/N-ethyl adjacent to an activating group) is 1. The van der Waals surface area contributed by atoms with Gasteiger partial charge in [-0.05, 0) is 50.7 Å². The zero-order valence-electron chi connectivity index (χ0n) is 12.1. The van der Waals surface area contributed by atoms with E-state index in [1.54, 1.807) is 6.08 Å². The van der Waals surface area contributed by atoms with Crippen LogP contribution in [0.1, 0.15) is 18.4 Å². The molecule has 1 aromatic rings. The van der Waals surface area contributed by atoms with Crippen molar-refractivity contribution in [3.63, 3.8) is 0 Å². The van der Waals surface area contributed by atoms with Gasteiger partial charge in [0.15, 0.2) is 0 Å². The molecule has 1 fully saturated rings. The first kappa shape index (κ1) is 14.6. The third-order valence-electron chi connectivity index (χ3n) is 3.80. The molecule has 108 valence electrons. The van der Waals surface area contributed by atoms with Crippen molar-refractivity contribution < 1.29 is 9.90 Å². The number of carbonyl (C=O) groups is 1. The molecule has 1 atom stereocenters. The lowest BCUT2D eigenvalue weighted by Gasteiger charge is -2.37. The molecule has 20 heavy (non-hydrogen) atoms. The molecule has 4 heteroatoms. The summed E-state index contributed by atoms with van der Waals surface area (Å²) in [6.07, 6.45) is 5.25. The molecule has 1 saturated heterocycles. The number of carboxylic acids is 1. The SMILES string of the molecule is CN(C)C1CCCN(c2ccc(C=CC(=O)O)cc2)C1. The van der Waals surface area contributed by atoms with Crippen molar-refractivity contribution in [2.75, 3.05) is 32.1 Å². The molecule has 0 spiro atoms. The highest BCUT2D eigenvalue weighted by molar-refractivity contribution is 5.85. The summed E-state index contributed by atoms with van der Waals surface area (Å²) in [4.78, 5) is 15.2. The monoisotopic (exact) mass is 274 g/mol. The van der Waals surface area contributed by atoms with Gasteiger partial charge in [-0.1, -0.05) is 12.1 Å². The Kier molecular flexibility index (Phi) is 4.79. The second-order valence-corrected chi connectivity index (χ2v) is 5.47. The van der Waals surface area contributed by atoms with Gasteiger partial charge in [-0.15, -0.1) is 0 Å². The van der Waals surface area contributed by atoms with Crippen LogP contribution in [0, 0.1) is 0 Å². The summed E-state index contributed by atoms with van der Waals surface area (Å²) in [5.41, 5.74) is 2.13. The largest absolute Gasteiger partial charge is 0.478 e. The Morgan fingerprint density at radius 3 is 2.65 bits per heavy atom. The van der Waals surface area contributed by atoms with E-state index in [1.807, 2.05) is 12.1 Å². The number of rotatable bonds is 4. The van der Waals surface area contributed by atoms with Crippen LogP contribution in [-0.4, -0.2) is 49.2 Å². The van der Waals surface area contributed by atoms with Crippen LogP contribution in [0.25, 0.3) is 6.08 Å². The van der Waals surface area contributed by atoms with E-state index in [4.69, 9.17) is 5.11 Å². The van der Waals surface area contributed by atoms with E-state index in [0.29, 0.717) is 6.04 Å². The zero-order valence-corrected chi connectivity index (χ0v) is 12.1. The first-order valence-electron chi connectivity index (χ1n) is 6.98. The van der Waals surface area contributed by atoms with E-state index in [1.165, 1.54) is 18.5 Å². The number of nitrogens with zero attached hydrogens (tertiary/aromatic N) is 2. The van der Waals surface area contributed by atoms with Crippen molar-refractivity contribution in [3.05, 3.63) is 35.9 Å². The molecule has 0 amide bonds. The molecular weight excluding hydrogens is 252 g/mol. The van der Waals surface area contributed by atoms with Crippen LogP contribution >= 0.6 is 0 Å². The molecule has 0 saturated carbocycles. The van der Waals surface area contributed by atoms with Gasteiger partial charge in [-0.25, -0.2) is 4.79 Å². The highest BCUT2D eigenvalue weighted by Crippen LogP contribution is 2.22. The van der Waals surface area contributed by atoms with Crippen LogP contribution in [-0.2, 0) is 4.79 Å². The maximum Gasteiger partial charge on any atom is 0.328 e. The molecular formula is C16H22N2O2. The van der Waals surface area contributed by atoms with Crippen LogP contribution in [0.5, 0.6) is 0 Å². The maximum absolute atomic E-state index is 10.5. The summed E-state index contributed by atoms with van der Waals surface area (Å²) >= 11 is 0. The highest BCUT2D eigenvalue weighted by atomic mass is 16.4. The van der Waals surface area contributed by atoms with E-state index in [0.717, 1.165) is 24.7 Å². The van der Waals surface area contributed by atoms with Gasteiger partial charge in [0.2, 0.25) is 0 Å². The minimum Gasteiger partial charge on any atom is -0.478 e. The summed E-state index contributed by atoms with van der Waals surface area (Å²) < 4.78 is 0. The first-order chi connectivity index (χ1) is 9.56. The maximum atomic E-state index is 10.5. The standard InChI is InChI=1S/C16H22N2O2/c1-17(2)15-4-3-11-18(12-15)14-8-5-13(6-9-14)7-10-16(19)20/h5-10,15H,3-4,11-12H2,1-2H3,(H,19,20). The first-order valence-corrected chi connectivity index (χ1v) is 6.98. The minimum absolute atomic E-state index is 0.607. The predicted molar refractivity (Wildman–Crippen MR) is 82.0 cm³/mol. The fourth-order valence-electron chi connectivity index (χ4n) is 2.57. The van der Waals surface area contributed by atoms with Crippen LogP contribution in [0.15, 0.2) is 30.3 Å². The van der Waals surface area contributed by atoms with Gasteiger partial charge in [0, 0.05) is 30.9 Å². The molecule has 1 N–H and O–H groups in total. The summed E-state index contributed by atoms with van der Waals surface area (Å²) in [6.45, 7) is 2.14. The Balaban J connectivity index is 2.04. The zero-order chi connectivity index (χ0) is 14.5. The van der Waals surface area contributed by atoms with Gasteiger partial charge in [-0.3, -0.25) is 0 Å². The van der Waals surface area contributed by atoms with Gasteiger partial charge >= 0.3 is 5.97 Å². The van der Waals surface area contributed by atoms with E-state index >= 15 is 0 Å². The summed E-state index contributed by atoms with van der Waals surface area (Å²) in [5, 5.41) is 8.61. The van der Waals surface area contributed by atoms with Gasteiger partial charge in [0.05, 0.1) is 0 Å².